The lowest BCUT2D eigenvalue weighted by molar-refractivity contribution is 0.196. The molecular formula is C23H44N2. The Bertz CT molecular complexity index is 287. The first kappa shape index (κ1) is 21.0. The Balaban J connectivity index is 0.000000148. The van der Waals surface area contributed by atoms with Crippen molar-refractivity contribution in [1.29, 1.82) is 0 Å². The molecule has 3 saturated carbocycles. The highest BCUT2D eigenvalue weighted by Crippen LogP contribution is 2.37. The van der Waals surface area contributed by atoms with E-state index in [2.05, 4.69) is 17.2 Å². The maximum Gasteiger partial charge on any atom is 0.0459 e. The van der Waals surface area contributed by atoms with Crippen molar-refractivity contribution in [3.05, 3.63) is 12.2 Å². The summed E-state index contributed by atoms with van der Waals surface area (Å²) in [6.45, 7) is 6.68. The third kappa shape index (κ3) is 9.80. The Kier molecular flexibility index (Phi) is 11.6. The van der Waals surface area contributed by atoms with Gasteiger partial charge in [0.1, 0.15) is 0 Å². The predicted octanol–water partition coefficient (Wildman–Crippen LogP) is 6.18. The van der Waals surface area contributed by atoms with Gasteiger partial charge in [-0.15, -0.1) is 0 Å². The maximum absolute atomic E-state index is 3.79. The summed E-state index contributed by atoms with van der Waals surface area (Å²) in [7, 11) is 0. The number of hydrogen-bond donors (Lipinski definition) is 2. The second-order valence-corrected chi connectivity index (χ2v) is 8.70. The van der Waals surface area contributed by atoms with Crippen LogP contribution in [-0.2, 0) is 0 Å². The minimum Gasteiger partial charge on any atom is -0.301 e. The highest BCUT2D eigenvalue weighted by molar-refractivity contribution is 5.01. The van der Waals surface area contributed by atoms with Gasteiger partial charge in [0.05, 0.1) is 0 Å². The number of rotatable bonds is 1. The minimum absolute atomic E-state index is 0.930. The molecule has 0 unspecified atom stereocenters. The van der Waals surface area contributed by atoms with E-state index in [9.17, 15) is 0 Å². The molecule has 4 aliphatic rings. The molecule has 0 atom stereocenters. The van der Waals surface area contributed by atoms with E-state index in [0.717, 1.165) is 31.6 Å². The maximum atomic E-state index is 3.79. The largest absolute Gasteiger partial charge is 0.301 e. The van der Waals surface area contributed by atoms with Crippen LogP contribution in [0.3, 0.4) is 0 Å². The lowest BCUT2D eigenvalue weighted by Crippen LogP contribution is -2.38. The number of nitrogens with one attached hydrogen (secondary N) is 2. The van der Waals surface area contributed by atoms with E-state index in [4.69, 9.17) is 0 Å². The van der Waals surface area contributed by atoms with Crippen LogP contribution in [0.2, 0.25) is 0 Å². The van der Waals surface area contributed by atoms with Gasteiger partial charge in [-0.3, -0.25) is 0 Å². The first-order chi connectivity index (χ1) is 12.4. The zero-order valence-corrected chi connectivity index (χ0v) is 16.8. The first-order valence-corrected chi connectivity index (χ1v) is 11.4. The highest BCUT2D eigenvalue weighted by Gasteiger charge is 2.24. The van der Waals surface area contributed by atoms with Crippen LogP contribution in [0, 0.1) is 11.8 Å². The number of hydrogen-bond acceptors (Lipinski definition) is 2. The van der Waals surface area contributed by atoms with E-state index in [1.807, 2.05) is 0 Å². The summed E-state index contributed by atoms with van der Waals surface area (Å²) in [5, 5.41) is 6.25. The van der Waals surface area contributed by atoms with E-state index in [-0.39, 0.29) is 0 Å². The average Bonchev–Trinajstić information content (AvgIpc) is 2.72. The van der Waals surface area contributed by atoms with Crippen molar-refractivity contribution in [2.24, 2.45) is 11.8 Å². The molecule has 1 heterocycles. The molecule has 3 aliphatic carbocycles. The molecule has 0 aromatic rings. The first-order valence-electron chi connectivity index (χ1n) is 11.4. The van der Waals surface area contributed by atoms with Crippen molar-refractivity contribution in [2.75, 3.05) is 19.8 Å². The topological polar surface area (TPSA) is 24.1 Å². The molecule has 1 aliphatic heterocycles. The SMILES string of the molecule is C1CCC(C2CCCCC2)CC1.C1CCCCC1.C=C1CNCNC1. The molecule has 2 N–H and O–H groups in total. The van der Waals surface area contributed by atoms with Crippen LogP contribution in [0.15, 0.2) is 12.2 Å². The summed E-state index contributed by atoms with van der Waals surface area (Å²) >= 11 is 0. The molecule has 1 saturated heterocycles. The van der Waals surface area contributed by atoms with Gasteiger partial charge in [0.25, 0.3) is 0 Å². The molecule has 0 aromatic heterocycles. The van der Waals surface area contributed by atoms with Crippen molar-refractivity contribution in [3.63, 3.8) is 0 Å². The lowest BCUT2D eigenvalue weighted by atomic mass is 9.73. The third-order valence-corrected chi connectivity index (χ3v) is 6.47. The molecule has 0 aromatic carbocycles. The second kappa shape index (κ2) is 13.8. The van der Waals surface area contributed by atoms with Crippen LogP contribution in [0.25, 0.3) is 0 Å². The molecule has 4 fully saturated rings. The standard InChI is InChI=1S/C12H22.C6H12.C5H10N2/c1-3-7-11(8-4-1)12-9-5-2-6-10-12;1-2-4-6-5-3-1;1-5-2-6-4-7-3-5/h11-12H,1-10H2;1-6H2;6-7H,1-4H2. The van der Waals surface area contributed by atoms with E-state index >= 15 is 0 Å². The molecule has 0 radical (unpaired) electrons. The van der Waals surface area contributed by atoms with Crippen LogP contribution in [0.4, 0.5) is 0 Å². The molecule has 146 valence electrons. The van der Waals surface area contributed by atoms with Crippen LogP contribution in [-0.4, -0.2) is 19.8 Å². The molecule has 2 heteroatoms. The van der Waals surface area contributed by atoms with Gasteiger partial charge in [-0.1, -0.05) is 109 Å². The normalized spacial score (nSPS) is 26.0. The zero-order chi connectivity index (χ0) is 17.6. The van der Waals surface area contributed by atoms with Gasteiger partial charge in [-0.25, -0.2) is 0 Å². The predicted molar refractivity (Wildman–Crippen MR) is 111 cm³/mol. The average molecular weight is 349 g/mol. The smallest absolute Gasteiger partial charge is 0.0459 e. The van der Waals surface area contributed by atoms with Gasteiger partial charge in [-0.05, 0) is 17.4 Å². The van der Waals surface area contributed by atoms with Crippen LogP contribution in [0.1, 0.15) is 103 Å². The van der Waals surface area contributed by atoms with Crippen LogP contribution in [0.5, 0.6) is 0 Å². The molecule has 4 rings (SSSR count). The summed E-state index contributed by atoms with van der Waals surface area (Å²) in [5.74, 6) is 2.28. The summed E-state index contributed by atoms with van der Waals surface area (Å²) in [6.07, 6.45) is 24.4. The van der Waals surface area contributed by atoms with Crippen molar-refractivity contribution >= 4 is 0 Å². The summed E-state index contributed by atoms with van der Waals surface area (Å²) in [4.78, 5) is 0. The van der Waals surface area contributed by atoms with Gasteiger partial charge < -0.3 is 10.6 Å². The molecule has 0 spiro atoms. The molecule has 0 bridgehead atoms. The van der Waals surface area contributed by atoms with E-state index < -0.39 is 0 Å². The minimum atomic E-state index is 0.930. The molecule has 2 nitrogen and oxygen atoms in total. The summed E-state index contributed by atoms with van der Waals surface area (Å²) in [5.41, 5.74) is 1.24. The Morgan fingerprint density at radius 1 is 0.520 bits per heavy atom. The molecular weight excluding hydrogens is 304 g/mol. The van der Waals surface area contributed by atoms with E-state index in [0.29, 0.717) is 0 Å². The van der Waals surface area contributed by atoms with Crippen LogP contribution < -0.4 is 10.6 Å². The van der Waals surface area contributed by atoms with Crippen LogP contribution >= 0.6 is 0 Å². The van der Waals surface area contributed by atoms with Crippen molar-refractivity contribution < 1.29 is 0 Å². The van der Waals surface area contributed by atoms with Gasteiger partial charge >= 0.3 is 0 Å². The van der Waals surface area contributed by atoms with Crippen molar-refractivity contribution in [1.82, 2.24) is 10.6 Å². The quantitative estimate of drug-likeness (QED) is 0.553. The Hall–Kier alpha value is -0.340. The molecule has 0 amide bonds. The Morgan fingerprint density at radius 2 is 0.840 bits per heavy atom. The fourth-order valence-electron chi connectivity index (χ4n) is 4.90. The third-order valence-electron chi connectivity index (χ3n) is 6.47. The van der Waals surface area contributed by atoms with E-state index in [1.54, 1.807) is 25.7 Å². The fraction of sp³-hybridized carbons (Fsp3) is 0.913. The van der Waals surface area contributed by atoms with Crippen molar-refractivity contribution in [3.8, 4) is 0 Å². The van der Waals surface area contributed by atoms with E-state index in [1.165, 1.54) is 82.6 Å². The Labute approximate surface area is 157 Å². The van der Waals surface area contributed by atoms with Gasteiger partial charge in [-0.2, -0.15) is 0 Å². The van der Waals surface area contributed by atoms with Gasteiger partial charge in [0.2, 0.25) is 0 Å². The molecule has 25 heavy (non-hydrogen) atoms. The van der Waals surface area contributed by atoms with Gasteiger partial charge in [0, 0.05) is 19.8 Å². The van der Waals surface area contributed by atoms with Crippen molar-refractivity contribution in [2.45, 2.75) is 103 Å². The fourth-order valence-corrected chi connectivity index (χ4v) is 4.90. The lowest BCUT2D eigenvalue weighted by Gasteiger charge is -2.32. The summed E-state index contributed by atoms with van der Waals surface area (Å²) in [6, 6.07) is 0. The Morgan fingerprint density at radius 3 is 1.12 bits per heavy atom. The second-order valence-electron chi connectivity index (χ2n) is 8.70. The van der Waals surface area contributed by atoms with Gasteiger partial charge in [0.15, 0.2) is 0 Å². The monoisotopic (exact) mass is 348 g/mol. The zero-order valence-electron chi connectivity index (χ0n) is 16.8. The highest BCUT2D eigenvalue weighted by atomic mass is 15.1. The summed E-state index contributed by atoms with van der Waals surface area (Å²) < 4.78 is 0.